The number of hydrogen-bond donors (Lipinski definition) is 0. The van der Waals surface area contributed by atoms with Crippen LogP contribution in [0.4, 0.5) is 0 Å². The molecule has 0 rings (SSSR count). The smallest absolute Gasteiger partial charge is 0.330 e. The molecule has 0 amide bonds. The van der Waals surface area contributed by atoms with Crippen molar-refractivity contribution in [2.45, 2.75) is 46.5 Å². The van der Waals surface area contributed by atoms with Gasteiger partial charge in [-0.15, -0.1) is 0 Å². The van der Waals surface area contributed by atoms with E-state index in [-0.39, 0.29) is 12.3 Å². The van der Waals surface area contributed by atoms with Gasteiger partial charge in [-0.3, -0.25) is 0 Å². The lowest BCUT2D eigenvalue weighted by molar-refractivity contribution is -0.148. The Labute approximate surface area is 111 Å². The fourth-order valence-electron chi connectivity index (χ4n) is 0.856. The predicted octanol–water partition coefficient (Wildman–Crippen LogP) is 3.09. The van der Waals surface area contributed by atoms with E-state index in [4.69, 9.17) is 14.2 Å². The molecule has 0 N–H and O–H groups in total. The van der Waals surface area contributed by atoms with E-state index in [1.807, 2.05) is 34.6 Å². The molecule has 0 aromatic heterocycles. The van der Waals surface area contributed by atoms with Crippen molar-refractivity contribution in [3.63, 3.8) is 0 Å². The van der Waals surface area contributed by atoms with Crippen LogP contribution in [0.1, 0.15) is 34.6 Å². The monoisotopic (exact) mass is 258 g/mol. The van der Waals surface area contributed by atoms with E-state index in [1.165, 1.54) is 0 Å². The van der Waals surface area contributed by atoms with Gasteiger partial charge < -0.3 is 14.2 Å². The highest BCUT2D eigenvalue weighted by molar-refractivity contribution is 5.81. The van der Waals surface area contributed by atoms with E-state index in [2.05, 4.69) is 13.2 Å². The summed E-state index contributed by atoms with van der Waals surface area (Å²) in [6.07, 6.45) is 2.58. The third-order valence-corrected chi connectivity index (χ3v) is 1.43. The maximum atomic E-state index is 10.5. The average molecular weight is 258 g/mol. The SMILES string of the molecule is C=CC(=O)OC(C)(C)C.C=CC(OCC)OCC. The fourth-order valence-corrected chi connectivity index (χ4v) is 0.856. The molecule has 0 aliphatic rings. The lowest BCUT2D eigenvalue weighted by Gasteiger charge is -2.17. The van der Waals surface area contributed by atoms with Crippen LogP contribution in [-0.4, -0.2) is 31.1 Å². The molecular formula is C14H26O4. The molecule has 0 unspecified atom stereocenters. The van der Waals surface area contributed by atoms with Gasteiger partial charge in [-0.25, -0.2) is 4.79 Å². The number of rotatable bonds is 6. The molecule has 106 valence electrons. The van der Waals surface area contributed by atoms with Crippen LogP contribution in [0, 0.1) is 0 Å². The molecule has 0 fully saturated rings. The maximum Gasteiger partial charge on any atom is 0.330 e. The molecule has 4 heteroatoms. The average Bonchev–Trinajstić information content (AvgIpc) is 2.27. The van der Waals surface area contributed by atoms with Crippen molar-refractivity contribution in [2.24, 2.45) is 0 Å². The normalized spacial score (nSPS) is 10.3. The summed E-state index contributed by atoms with van der Waals surface area (Å²) in [4.78, 5) is 10.5. The van der Waals surface area contributed by atoms with E-state index < -0.39 is 5.60 Å². The lowest BCUT2D eigenvalue weighted by atomic mass is 10.2. The van der Waals surface area contributed by atoms with Crippen LogP contribution >= 0.6 is 0 Å². The van der Waals surface area contributed by atoms with Crippen molar-refractivity contribution in [2.75, 3.05) is 13.2 Å². The lowest BCUT2D eigenvalue weighted by Crippen LogP contribution is -2.22. The summed E-state index contributed by atoms with van der Waals surface area (Å²) in [5.41, 5.74) is -0.398. The quantitative estimate of drug-likeness (QED) is 0.318. The zero-order chi connectivity index (χ0) is 14.6. The van der Waals surface area contributed by atoms with Gasteiger partial charge in [0.1, 0.15) is 5.60 Å². The highest BCUT2D eigenvalue weighted by Crippen LogP contribution is 2.06. The Morgan fingerprint density at radius 3 is 1.78 bits per heavy atom. The number of esters is 1. The molecule has 18 heavy (non-hydrogen) atoms. The Bertz CT molecular complexity index is 235. The minimum absolute atomic E-state index is 0.222. The molecule has 0 spiro atoms. The molecule has 0 aliphatic heterocycles. The van der Waals surface area contributed by atoms with Crippen LogP contribution in [0.2, 0.25) is 0 Å². The van der Waals surface area contributed by atoms with Crippen molar-refractivity contribution >= 4 is 5.97 Å². The summed E-state index contributed by atoms with van der Waals surface area (Å²) >= 11 is 0. The second kappa shape index (κ2) is 11.0. The highest BCUT2D eigenvalue weighted by atomic mass is 16.7. The Morgan fingerprint density at radius 1 is 1.17 bits per heavy atom. The Kier molecular flexibility index (Phi) is 11.7. The summed E-state index contributed by atoms with van der Waals surface area (Å²) in [7, 11) is 0. The fraction of sp³-hybridized carbons (Fsp3) is 0.643. The van der Waals surface area contributed by atoms with Gasteiger partial charge in [0.15, 0.2) is 6.29 Å². The van der Waals surface area contributed by atoms with E-state index in [0.717, 1.165) is 6.08 Å². The second-order valence-corrected chi connectivity index (χ2v) is 4.25. The maximum absolute atomic E-state index is 10.5. The van der Waals surface area contributed by atoms with Gasteiger partial charge in [0.25, 0.3) is 0 Å². The highest BCUT2D eigenvalue weighted by Gasteiger charge is 2.12. The second-order valence-electron chi connectivity index (χ2n) is 4.25. The number of hydrogen-bond acceptors (Lipinski definition) is 4. The third-order valence-electron chi connectivity index (χ3n) is 1.43. The van der Waals surface area contributed by atoms with E-state index in [0.29, 0.717) is 13.2 Å². The molecule has 0 radical (unpaired) electrons. The molecule has 0 atom stereocenters. The van der Waals surface area contributed by atoms with Crippen LogP contribution in [-0.2, 0) is 19.0 Å². The third kappa shape index (κ3) is 14.9. The van der Waals surface area contributed by atoms with E-state index in [9.17, 15) is 4.79 Å². The summed E-state index contributed by atoms with van der Waals surface area (Å²) in [5, 5.41) is 0. The van der Waals surface area contributed by atoms with E-state index in [1.54, 1.807) is 6.08 Å². The minimum Gasteiger partial charge on any atom is -0.457 e. The van der Waals surface area contributed by atoms with E-state index >= 15 is 0 Å². The molecule has 0 saturated heterocycles. The molecular weight excluding hydrogens is 232 g/mol. The number of carbonyl (C=O) groups is 1. The minimum atomic E-state index is -0.398. The molecule has 0 aromatic rings. The van der Waals surface area contributed by atoms with Crippen LogP contribution in [0.15, 0.2) is 25.3 Å². The van der Waals surface area contributed by atoms with Gasteiger partial charge >= 0.3 is 5.97 Å². The van der Waals surface area contributed by atoms with Gasteiger partial charge in [-0.1, -0.05) is 13.2 Å². The predicted molar refractivity (Wildman–Crippen MR) is 73.3 cm³/mol. The van der Waals surface area contributed by atoms with Gasteiger partial charge in [-0.2, -0.15) is 0 Å². The summed E-state index contributed by atoms with van der Waals surface area (Å²) in [6.45, 7) is 17.4. The van der Waals surface area contributed by atoms with Crippen LogP contribution < -0.4 is 0 Å². The van der Waals surface area contributed by atoms with Gasteiger partial charge in [0, 0.05) is 19.3 Å². The van der Waals surface area contributed by atoms with Crippen molar-refractivity contribution in [1.82, 2.24) is 0 Å². The number of ether oxygens (including phenoxy) is 3. The van der Waals surface area contributed by atoms with Gasteiger partial charge in [-0.05, 0) is 40.7 Å². The standard InChI is InChI=1S/C7H12O2.C7H14O2/c1-5-6(8)9-7(2,3)4;1-4-7(8-5-2)9-6-3/h5H,1H2,2-4H3;4,7H,1,5-6H2,2-3H3. The molecule has 4 nitrogen and oxygen atoms in total. The van der Waals surface area contributed by atoms with Crippen LogP contribution in [0.25, 0.3) is 0 Å². The summed E-state index contributed by atoms with van der Waals surface area (Å²) in [5.74, 6) is -0.373. The van der Waals surface area contributed by atoms with Crippen molar-refractivity contribution < 1.29 is 19.0 Å². The van der Waals surface area contributed by atoms with Crippen molar-refractivity contribution in [3.05, 3.63) is 25.3 Å². The molecule has 0 saturated carbocycles. The largest absolute Gasteiger partial charge is 0.457 e. The number of carbonyl (C=O) groups excluding carboxylic acids is 1. The molecule has 0 aromatic carbocycles. The zero-order valence-corrected chi connectivity index (χ0v) is 12.2. The Hall–Kier alpha value is -1.13. The summed E-state index contributed by atoms with van der Waals surface area (Å²) < 4.78 is 15.0. The van der Waals surface area contributed by atoms with Crippen molar-refractivity contribution in [3.8, 4) is 0 Å². The Balaban J connectivity index is 0. The topological polar surface area (TPSA) is 44.8 Å². The van der Waals surface area contributed by atoms with Crippen molar-refractivity contribution in [1.29, 1.82) is 0 Å². The molecule has 0 heterocycles. The summed E-state index contributed by atoms with van der Waals surface area (Å²) in [6, 6.07) is 0. The van der Waals surface area contributed by atoms with Crippen LogP contribution in [0.3, 0.4) is 0 Å². The Morgan fingerprint density at radius 2 is 1.61 bits per heavy atom. The van der Waals surface area contributed by atoms with Crippen LogP contribution in [0.5, 0.6) is 0 Å². The van der Waals surface area contributed by atoms with Gasteiger partial charge in [0.05, 0.1) is 0 Å². The van der Waals surface area contributed by atoms with Gasteiger partial charge in [0.2, 0.25) is 0 Å². The first-order chi connectivity index (χ1) is 8.30. The molecule has 0 bridgehead atoms. The first-order valence-corrected chi connectivity index (χ1v) is 6.01. The first kappa shape index (κ1) is 19.2. The molecule has 0 aliphatic carbocycles. The first-order valence-electron chi connectivity index (χ1n) is 6.01. The zero-order valence-electron chi connectivity index (χ0n) is 12.2.